The van der Waals surface area contributed by atoms with Crippen molar-refractivity contribution in [2.75, 3.05) is 0 Å². The van der Waals surface area contributed by atoms with Gasteiger partial charge in [-0.3, -0.25) is 4.79 Å². The minimum atomic E-state index is -0.0818. The van der Waals surface area contributed by atoms with Crippen LogP contribution in [0.5, 0.6) is 0 Å². The fraction of sp³-hybridized carbons (Fsp3) is 0.211. The Balaban J connectivity index is 1.69. The standard InChI is InChI=1S/C19H18ClNO/c20-17-10-4-2-7-15(17)12-13-19(22)21-18-11-5-8-14-6-1-3-9-16(14)18/h1-4,6-7,9-10,12-13,18H,5,8,11H2,(H,21,22)/b13-12+/t18-/m0/s1. The largest absolute Gasteiger partial charge is 0.346 e. The average Bonchev–Trinajstić information content (AvgIpc) is 2.54. The van der Waals surface area contributed by atoms with Gasteiger partial charge in [-0.25, -0.2) is 0 Å². The number of fused-ring (bicyclic) bond motifs is 1. The quantitative estimate of drug-likeness (QED) is 0.828. The molecule has 0 radical (unpaired) electrons. The van der Waals surface area contributed by atoms with E-state index in [0.29, 0.717) is 5.02 Å². The Morgan fingerprint density at radius 1 is 1.14 bits per heavy atom. The summed E-state index contributed by atoms with van der Waals surface area (Å²) < 4.78 is 0. The topological polar surface area (TPSA) is 29.1 Å². The van der Waals surface area contributed by atoms with Crippen molar-refractivity contribution in [3.05, 3.63) is 76.3 Å². The molecule has 0 unspecified atom stereocenters. The fourth-order valence-electron chi connectivity index (χ4n) is 2.90. The lowest BCUT2D eigenvalue weighted by molar-refractivity contribution is -0.117. The van der Waals surface area contributed by atoms with Crippen molar-refractivity contribution >= 4 is 23.6 Å². The van der Waals surface area contributed by atoms with Crippen molar-refractivity contribution < 1.29 is 4.79 Å². The second-order valence-corrected chi connectivity index (χ2v) is 5.91. The van der Waals surface area contributed by atoms with Gasteiger partial charge in [0.1, 0.15) is 0 Å². The molecule has 0 aliphatic heterocycles. The van der Waals surface area contributed by atoms with Gasteiger partial charge in [-0.2, -0.15) is 0 Å². The number of hydrogen-bond donors (Lipinski definition) is 1. The molecule has 0 spiro atoms. The summed E-state index contributed by atoms with van der Waals surface area (Å²) >= 11 is 6.08. The van der Waals surface area contributed by atoms with E-state index < -0.39 is 0 Å². The highest BCUT2D eigenvalue weighted by atomic mass is 35.5. The van der Waals surface area contributed by atoms with Crippen molar-refractivity contribution in [3.8, 4) is 0 Å². The van der Waals surface area contributed by atoms with Crippen LogP contribution in [-0.4, -0.2) is 5.91 Å². The lowest BCUT2D eigenvalue weighted by Crippen LogP contribution is -2.29. The van der Waals surface area contributed by atoms with E-state index in [4.69, 9.17) is 11.6 Å². The Morgan fingerprint density at radius 2 is 1.91 bits per heavy atom. The third kappa shape index (κ3) is 3.40. The number of nitrogens with one attached hydrogen (secondary N) is 1. The first-order valence-corrected chi connectivity index (χ1v) is 7.93. The van der Waals surface area contributed by atoms with E-state index in [-0.39, 0.29) is 11.9 Å². The third-order valence-electron chi connectivity index (χ3n) is 4.01. The number of carbonyl (C=O) groups excluding carboxylic acids is 1. The normalized spacial score (nSPS) is 17.2. The Labute approximate surface area is 135 Å². The van der Waals surface area contributed by atoms with E-state index in [2.05, 4.69) is 23.5 Å². The highest BCUT2D eigenvalue weighted by Gasteiger charge is 2.20. The molecule has 1 amide bonds. The van der Waals surface area contributed by atoms with E-state index in [1.54, 1.807) is 12.2 Å². The molecule has 1 aliphatic carbocycles. The predicted molar refractivity (Wildman–Crippen MR) is 90.7 cm³/mol. The molecule has 2 aromatic carbocycles. The molecule has 0 saturated carbocycles. The molecule has 2 aromatic rings. The first kappa shape index (κ1) is 14.9. The summed E-state index contributed by atoms with van der Waals surface area (Å²) in [5.74, 6) is -0.0818. The molecule has 22 heavy (non-hydrogen) atoms. The number of hydrogen-bond acceptors (Lipinski definition) is 1. The minimum Gasteiger partial charge on any atom is -0.346 e. The summed E-state index contributed by atoms with van der Waals surface area (Å²) in [6.45, 7) is 0. The third-order valence-corrected chi connectivity index (χ3v) is 4.35. The lowest BCUT2D eigenvalue weighted by atomic mass is 9.88. The van der Waals surface area contributed by atoms with Crippen molar-refractivity contribution in [2.24, 2.45) is 0 Å². The number of amides is 1. The smallest absolute Gasteiger partial charge is 0.244 e. The van der Waals surface area contributed by atoms with Gasteiger partial charge in [0.05, 0.1) is 6.04 Å². The summed E-state index contributed by atoms with van der Waals surface area (Å²) in [5, 5.41) is 3.74. The molecule has 1 aliphatic rings. The van der Waals surface area contributed by atoms with Crippen LogP contribution in [0, 0.1) is 0 Å². The molecule has 2 nitrogen and oxygen atoms in total. The van der Waals surface area contributed by atoms with E-state index in [0.717, 1.165) is 24.8 Å². The first-order valence-electron chi connectivity index (χ1n) is 7.55. The number of carbonyl (C=O) groups is 1. The van der Waals surface area contributed by atoms with Crippen LogP contribution < -0.4 is 5.32 Å². The van der Waals surface area contributed by atoms with Gasteiger partial charge in [-0.1, -0.05) is 54.1 Å². The zero-order chi connectivity index (χ0) is 15.4. The number of halogens is 1. The van der Waals surface area contributed by atoms with Crippen molar-refractivity contribution in [1.82, 2.24) is 5.32 Å². The number of aryl methyl sites for hydroxylation is 1. The van der Waals surface area contributed by atoms with Gasteiger partial charge in [0, 0.05) is 11.1 Å². The molecule has 1 atom stereocenters. The summed E-state index contributed by atoms with van der Waals surface area (Å²) in [7, 11) is 0. The molecule has 1 N–H and O–H groups in total. The second kappa shape index (κ2) is 6.80. The summed E-state index contributed by atoms with van der Waals surface area (Å²) in [6, 6.07) is 15.9. The Morgan fingerprint density at radius 3 is 2.77 bits per heavy atom. The van der Waals surface area contributed by atoms with Crippen LogP contribution in [0.25, 0.3) is 6.08 Å². The van der Waals surface area contributed by atoms with E-state index in [1.165, 1.54) is 11.1 Å². The molecular weight excluding hydrogens is 294 g/mol. The molecule has 0 saturated heterocycles. The van der Waals surface area contributed by atoms with Crippen LogP contribution in [0.1, 0.15) is 35.6 Å². The zero-order valence-corrected chi connectivity index (χ0v) is 13.0. The van der Waals surface area contributed by atoms with Gasteiger partial charge in [-0.15, -0.1) is 0 Å². The van der Waals surface area contributed by atoms with Crippen LogP contribution in [0.15, 0.2) is 54.6 Å². The maximum atomic E-state index is 12.2. The zero-order valence-electron chi connectivity index (χ0n) is 12.3. The molecule has 0 bridgehead atoms. The first-order chi connectivity index (χ1) is 10.7. The monoisotopic (exact) mass is 311 g/mol. The molecular formula is C19H18ClNO. The van der Waals surface area contributed by atoms with Crippen LogP contribution in [0.3, 0.4) is 0 Å². The molecule has 0 fully saturated rings. The van der Waals surface area contributed by atoms with Crippen LogP contribution in [0.4, 0.5) is 0 Å². The van der Waals surface area contributed by atoms with Crippen LogP contribution >= 0.6 is 11.6 Å². The SMILES string of the molecule is O=C(/C=C/c1ccccc1Cl)N[C@H]1CCCc2ccccc21. The summed E-state index contributed by atoms with van der Waals surface area (Å²) in [5.41, 5.74) is 3.44. The van der Waals surface area contributed by atoms with Crippen molar-refractivity contribution in [1.29, 1.82) is 0 Å². The van der Waals surface area contributed by atoms with Gasteiger partial charge in [0.2, 0.25) is 5.91 Å². The Kier molecular flexibility index (Phi) is 4.59. The van der Waals surface area contributed by atoms with Crippen LogP contribution in [-0.2, 0) is 11.2 Å². The van der Waals surface area contributed by atoms with Gasteiger partial charge in [0.15, 0.2) is 0 Å². The van der Waals surface area contributed by atoms with E-state index in [1.807, 2.05) is 30.3 Å². The molecule has 112 valence electrons. The number of rotatable bonds is 3. The highest BCUT2D eigenvalue weighted by molar-refractivity contribution is 6.32. The van der Waals surface area contributed by atoms with E-state index in [9.17, 15) is 4.79 Å². The molecule has 3 rings (SSSR count). The lowest BCUT2D eigenvalue weighted by Gasteiger charge is -2.25. The molecule has 0 heterocycles. The fourth-order valence-corrected chi connectivity index (χ4v) is 3.10. The van der Waals surface area contributed by atoms with Gasteiger partial charge in [-0.05, 0) is 48.1 Å². The number of benzene rings is 2. The predicted octanol–water partition coefficient (Wildman–Crippen LogP) is 4.55. The maximum Gasteiger partial charge on any atom is 0.244 e. The molecule has 3 heteroatoms. The van der Waals surface area contributed by atoms with Gasteiger partial charge in [0.25, 0.3) is 0 Å². The Bertz CT molecular complexity index is 708. The molecule has 0 aromatic heterocycles. The van der Waals surface area contributed by atoms with Crippen LogP contribution in [0.2, 0.25) is 5.02 Å². The van der Waals surface area contributed by atoms with Gasteiger partial charge < -0.3 is 5.32 Å². The minimum absolute atomic E-state index is 0.0818. The van der Waals surface area contributed by atoms with Crippen molar-refractivity contribution in [3.63, 3.8) is 0 Å². The maximum absolute atomic E-state index is 12.2. The highest BCUT2D eigenvalue weighted by Crippen LogP contribution is 2.29. The summed E-state index contributed by atoms with van der Waals surface area (Å²) in [4.78, 5) is 12.2. The Hall–Kier alpha value is -2.06. The van der Waals surface area contributed by atoms with Crippen molar-refractivity contribution in [2.45, 2.75) is 25.3 Å². The van der Waals surface area contributed by atoms with E-state index >= 15 is 0 Å². The second-order valence-electron chi connectivity index (χ2n) is 5.51. The average molecular weight is 312 g/mol. The summed E-state index contributed by atoms with van der Waals surface area (Å²) in [6.07, 6.45) is 6.50. The van der Waals surface area contributed by atoms with Gasteiger partial charge >= 0.3 is 0 Å².